The normalized spacial score (nSPS) is 11.4. The Kier molecular flexibility index (Phi) is 4.50. The number of hydrogen-bond donors (Lipinski definition) is 0. The Morgan fingerprint density at radius 2 is 2.06 bits per heavy atom. The van der Waals surface area contributed by atoms with Gasteiger partial charge >= 0.3 is 6.18 Å². The van der Waals surface area contributed by atoms with E-state index in [-0.39, 0.29) is 17.5 Å². The Bertz CT molecular complexity index is 430. The predicted octanol–water partition coefficient (Wildman–Crippen LogP) is 2.46. The average Bonchev–Trinajstić information content (AvgIpc) is 2.22. The fourth-order valence-corrected chi connectivity index (χ4v) is 1.57. The Morgan fingerprint density at radius 1 is 1.44 bits per heavy atom. The highest BCUT2D eigenvalue weighted by molar-refractivity contribution is 6.28. The summed E-state index contributed by atoms with van der Waals surface area (Å²) >= 11 is 5.56. The molecule has 1 amide bonds. The Labute approximate surface area is 107 Å². The van der Waals surface area contributed by atoms with Crippen molar-refractivity contribution in [3.8, 4) is 0 Å². The van der Waals surface area contributed by atoms with Crippen LogP contribution < -0.4 is 0 Å². The summed E-state index contributed by atoms with van der Waals surface area (Å²) in [6.07, 6.45) is -4.45. The molecule has 0 atom stereocenters. The van der Waals surface area contributed by atoms with Crippen molar-refractivity contribution in [2.75, 3.05) is 13.1 Å². The van der Waals surface area contributed by atoms with Crippen LogP contribution in [0.4, 0.5) is 13.2 Å². The molecule has 18 heavy (non-hydrogen) atoms. The second-order valence-electron chi connectivity index (χ2n) is 3.60. The van der Waals surface area contributed by atoms with E-state index in [1.54, 1.807) is 6.92 Å². The van der Waals surface area contributed by atoms with Crippen LogP contribution in [0.15, 0.2) is 6.07 Å². The molecule has 8 heteroatoms. The zero-order valence-corrected chi connectivity index (χ0v) is 10.5. The van der Waals surface area contributed by atoms with Gasteiger partial charge < -0.3 is 4.90 Å². The van der Waals surface area contributed by atoms with Gasteiger partial charge in [0.05, 0.1) is 0 Å². The fourth-order valence-electron chi connectivity index (χ4n) is 1.35. The molecule has 1 rings (SSSR count). The van der Waals surface area contributed by atoms with E-state index in [2.05, 4.69) is 9.97 Å². The third kappa shape index (κ3) is 4.14. The SMILES string of the molecule is CCN(CC(F)(F)F)C(=O)c1cc(C)nc(Cl)n1. The third-order valence-corrected chi connectivity index (χ3v) is 2.25. The molecule has 0 N–H and O–H groups in total. The van der Waals surface area contributed by atoms with Crippen LogP contribution in [-0.4, -0.2) is 40.0 Å². The number of aromatic nitrogens is 2. The van der Waals surface area contributed by atoms with Gasteiger partial charge in [-0.2, -0.15) is 13.2 Å². The molecule has 0 aromatic carbocycles. The van der Waals surface area contributed by atoms with E-state index in [0.717, 1.165) is 0 Å². The van der Waals surface area contributed by atoms with E-state index < -0.39 is 18.6 Å². The fraction of sp³-hybridized carbons (Fsp3) is 0.500. The lowest BCUT2D eigenvalue weighted by molar-refractivity contribution is -0.140. The molecule has 0 spiro atoms. The first-order chi connectivity index (χ1) is 8.23. The molecule has 100 valence electrons. The lowest BCUT2D eigenvalue weighted by atomic mass is 10.3. The van der Waals surface area contributed by atoms with E-state index in [4.69, 9.17) is 11.6 Å². The largest absolute Gasteiger partial charge is 0.406 e. The first-order valence-corrected chi connectivity index (χ1v) is 5.48. The number of aryl methyl sites for hydroxylation is 1. The zero-order chi connectivity index (χ0) is 13.9. The van der Waals surface area contributed by atoms with Crippen LogP contribution in [0, 0.1) is 6.92 Å². The van der Waals surface area contributed by atoms with Crippen molar-refractivity contribution in [3.05, 3.63) is 22.7 Å². The molecule has 1 heterocycles. The number of hydrogen-bond acceptors (Lipinski definition) is 3. The quantitative estimate of drug-likeness (QED) is 0.800. The van der Waals surface area contributed by atoms with Crippen molar-refractivity contribution in [3.63, 3.8) is 0 Å². The molecule has 0 saturated heterocycles. The maximum atomic E-state index is 12.3. The van der Waals surface area contributed by atoms with Crippen LogP contribution in [0.1, 0.15) is 23.1 Å². The first kappa shape index (κ1) is 14.7. The van der Waals surface area contributed by atoms with Crippen LogP contribution in [0.5, 0.6) is 0 Å². The van der Waals surface area contributed by atoms with Gasteiger partial charge in [-0.15, -0.1) is 0 Å². The number of amides is 1. The lowest BCUT2D eigenvalue weighted by Gasteiger charge is -2.21. The van der Waals surface area contributed by atoms with Gasteiger partial charge in [0.1, 0.15) is 12.2 Å². The molecule has 1 aromatic rings. The molecule has 0 unspecified atom stereocenters. The number of carbonyl (C=O) groups excluding carboxylic acids is 1. The van der Waals surface area contributed by atoms with E-state index in [0.29, 0.717) is 10.6 Å². The Hall–Kier alpha value is -1.37. The van der Waals surface area contributed by atoms with Crippen molar-refractivity contribution in [2.45, 2.75) is 20.0 Å². The van der Waals surface area contributed by atoms with Gasteiger partial charge in [-0.05, 0) is 31.5 Å². The molecule has 4 nitrogen and oxygen atoms in total. The monoisotopic (exact) mass is 281 g/mol. The van der Waals surface area contributed by atoms with E-state index in [1.165, 1.54) is 13.0 Å². The molecule has 0 saturated carbocycles. The summed E-state index contributed by atoms with van der Waals surface area (Å²) in [5, 5.41) is -0.165. The topological polar surface area (TPSA) is 46.1 Å². The average molecular weight is 282 g/mol. The van der Waals surface area contributed by atoms with Gasteiger partial charge in [-0.25, -0.2) is 9.97 Å². The minimum atomic E-state index is -4.45. The maximum Gasteiger partial charge on any atom is 0.406 e. The van der Waals surface area contributed by atoms with Gasteiger partial charge in [0, 0.05) is 12.2 Å². The van der Waals surface area contributed by atoms with Crippen LogP contribution >= 0.6 is 11.6 Å². The second kappa shape index (κ2) is 5.51. The predicted molar refractivity (Wildman–Crippen MR) is 59.4 cm³/mol. The van der Waals surface area contributed by atoms with Gasteiger partial charge in [0.2, 0.25) is 5.28 Å². The number of rotatable bonds is 3. The molecule has 1 aromatic heterocycles. The Morgan fingerprint density at radius 3 is 2.50 bits per heavy atom. The summed E-state index contributed by atoms with van der Waals surface area (Å²) in [6, 6.07) is 1.30. The molecular weight excluding hydrogens is 271 g/mol. The zero-order valence-electron chi connectivity index (χ0n) is 9.75. The summed E-state index contributed by atoms with van der Waals surface area (Å²) in [4.78, 5) is 19.9. The van der Waals surface area contributed by atoms with Gasteiger partial charge in [0.15, 0.2) is 0 Å². The van der Waals surface area contributed by atoms with Gasteiger partial charge in [0.25, 0.3) is 5.91 Å². The molecular formula is C10H11ClF3N3O. The molecule has 0 aliphatic carbocycles. The van der Waals surface area contributed by atoms with Crippen molar-refractivity contribution < 1.29 is 18.0 Å². The standard InChI is InChI=1S/C10H11ClF3N3O/c1-3-17(5-10(12,13)14)8(18)7-4-6(2)15-9(11)16-7/h4H,3,5H2,1-2H3. The lowest BCUT2D eigenvalue weighted by Crippen LogP contribution is -2.39. The molecule has 0 bridgehead atoms. The minimum Gasteiger partial charge on any atom is -0.328 e. The van der Waals surface area contributed by atoms with Gasteiger partial charge in [-0.3, -0.25) is 4.79 Å². The van der Waals surface area contributed by atoms with Crippen LogP contribution in [0.3, 0.4) is 0 Å². The second-order valence-corrected chi connectivity index (χ2v) is 3.94. The molecule has 0 radical (unpaired) electrons. The highest BCUT2D eigenvalue weighted by Crippen LogP contribution is 2.18. The molecule has 0 fully saturated rings. The van der Waals surface area contributed by atoms with Crippen LogP contribution in [0.2, 0.25) is 5.28 Å². The van der Waals surface area contributed by atoms with Crippen molar-refractivity contribution in [1.82, 2.24) is 14.9 Å². The summed E-state index contributed by atoms with van der Waals surface area (Å²) in [7, 11) is 0. The molecule has 0 aliphatic heterocycles. The first-order valence-electron chi connectivity index (χ1n) is 5.10. The maximum absolute atomic E-state index is 12.3. The number of alkyl halides is 3. The summed E-state index contributed by atoms with van der Waals surface area (Å²) in [5.74, 6) is -0.817. The summed E-state index contributed by atoms with van der Waals surface area (Å²) in [5.41, 5.74) is 0.278. The summed E-state index contributed by atoms with van der Waals surface area (Å²) < 4.78 is 36.8. The molecule has 0 aliphatic rings. The Balaban J connectivity index is 2.96. The third-order valence-electron chi connectivity index (χ3n) is 2.09. The van der Waals surface area contributed by atoms with Crippen molar-refractivity contribution in [2.24, 2.45) is 0 Å². The smallest absolute Gasteiger partial charge is 0.328 e. The van der Waals surface area contributed by atoms with Gasteiger partial charge in [-0.1, -0.05) is 0 Å². The van der Waals surface area contributed by atoms with Crippen molar-refractivity contribution in [1.29, 1.82) is 0 Å². The van der Waals surface area contributed by atoms with Crippen LogP contribution in [-0.2, 0) is 0 Å². The number of halogens is 4. The van der Waals surface area contributed by atoms with Crippen molar-refractivity contribution >= 4 is 17.5 Å². The van der Waals surface area contributed by atoms with E-state index in [9.17, 15) is 18.0 Å². The minimum absolute atomic E-state index is 0.0704. The van der Waals surface area contributed by atoms with E-state index >= 15 is 0 Å². The number of carbonyl (C=O) groups is 1. The summed E-state index contributed by atoms with van der Waals surface area (Å²) in [6.45, 7) is 1.64. The number of nitrogens with zero attached hydrogens (tertiary/aromatic N) is 3. The highest BCUT2D eigenvalue weighted by atomic mass is 35.5. The highest BCUT2D eigenvalue weighted by Gasteiger charge is 2.33. The van der Waals surface area contributed by atoms with Crippen LogP contribution in [0.25, 0.3) is 0 Å². The van der Waals surface area contributed by atoms with E-state index in [1.807, 2.05) is 0 Å².